The van der Waals surface area contributed by atoms with Crippen molar-refractivity contribution >= 4 is 30.1 Å². The number of nitrogens with one attached hydrogen (secondary N) is 2. The molecule has 2 N–H and O–H groups in total. The lowest BCUT2D eigenvalue weighted by Gasteiger charge is -2.01. The zero-order valence-corrected chi connectivity index (χ0v) is 14.9. The number of esters is 1. The van der Waals surface area contributed by atoms with Crippen LogP contribution in [0.2, 0.25) is 0 Å². The summed E-state index contributed by atoms with van der Waals surface area (Å²) in [6.45, 7) is 5.23. The van der Waals surface area contributed by atoms with E-state index in [1.54, 1.807) is 20.8 Å². The molecular weight excluding hydrogens is 356 g/mol. The molecule has 0 spiro atoms. The second kappa shape index (κ2) is 8.61. The van der Waals surface area contributed by atoms with E-state index in [2.05, 4.69) is 15.5 Å². The van der Waals surface area contributed by atoms with Crippen LogP contribution in [0.5, 0.6) is 0 Å². The minimum atomic E-state index is -0.641. The van der Waals surface area contributed by atoms with Crippen LogP contribution in [0, 0.1) is 24.0 Å². The Morgan fingerprint density at radius 1 is 1.41 bits per heavy atom. The fourth-order valence-corrected chi connectivity index (χ4v) is 2.36. The van der Waals surface area contributed by atoms with Crippen LogP contribution in [0.3, 0.4) is 0 Å². The molecule has 2 aromatic rings. The van der Waals surface area contributed by atoms with Crippen molar-refractivity contribution in [1.29, 1.82) is 0 Å². The van der Waals surface area contributed by atoms with E-state index in [9.17, 15) is 19.7 Å². The van der Waals surface area contributed by atoms with Crippen LogP contribution in [-0.2, 0) is 4.74 Å². The van der Waals surface area contributed by atoms with Gasteiger partial charge in [-0.1, -0.05) is 0 Å². The van der Waals surface area contributed by atoms with E-state index in [1.165, 1.54) is 30.5 Å². The first-order valence-corrected chi connectivity index (χ1v) is 7.95. The third-order valence-electron chi connectivity index (χ3n) is 3.52. The van der Waals surface area contributed by atoms with Gasteiger partial charge in [0.1, 0.15) is 16.4 Å². The Labute approximate surface area is 154 Å². The van der Waals surface area contributed by atoms with Crippen molar-refractivity contribution in [3.05, 3.63) is 56.6 Å². The number of aromatic nitrogens is 1. The summed E-state index contributed by atoms with van der Waals surface area (Å²) in [7, 11) is 0. The van der Waals surface area contributed by atoms with Crippen LogP contribution in [0.1, 0.15) is 44.8 Å². The highest BCUT2D eigenvalue weighted by molar-refractivity contribution is 6.01. The number of H-pyrrole nitrogens is 1. The van der Waals surface area contributed by atoms with Crippen LogP contribution < -0.4 is 5.43 Å². The van der Waals surface area contributed by atoms with E-state index in [0.29, 0.717) is 16.8 Å². The zero-order chi connectivity index (χ0) is 20.0. The molecule has 142 valence electrons. The number of ether oxygens (including phenoxy) is 1. The quantitative estimate of drug-likeness (QED) is 0.330. The molecule has 0 aromatic carbocycles. The lowest BCUT2D eigenvalue weighted by Crippen LogP contribution is -2.19. The van der Waals surface area contributed by atoms with Gasteiger partial charge in [0.25, 0.3) is 5.91 Å². The van der Waals surface area contributed by atoms with Gasteiger partial charge in [-0.15, -0.1) is 0 Å². The van der Waals surface area contributed by atoms with Crippen molar-refractivity contribution in [2.75, 3.05) is 6.61 Å². The van der Waals surface area contributed by atoms with E-state index in [-0.39, 0.29) is 23.9 Å². The van der Waals surface area contributed by atoms with Crippen LogP contribution in [0.4, 0.5) is 5.88 Å². The van der Waals surface area contributed by atoms with Crippen molar-refractivity contribution in [2.45, 2.75) is 20.8 Å². The second-order valence-electron chi connectivity index (χ2n) is 5.36. The highest BCUT2D eigenvalue weighted by atomic mass is 16.6. The predicted molar refractivity (Wildman–Crippen MR) is 96.6 cm³/mol. The number of allylic oxidation sites excluding steroid dienone is 1. The zero-order valence-electron chi connectivity index (χ0n) is 14.9. The number of hydrogen-bond donors (Lipinski definition) is 2. The Morgan fingerprint density at radius 3 is 2.78 bits per heavy atom. The maximum absolute atomic E-state index is 12.3. The largest absolute Gasteiger partial charge is 0.461 e. The number of carbonyl (C=O) groups excluding carboxylic acids is 2. The summed E-state index contributed by atoms with van der Waals surface area (Å²) >= 11 is 0. The van der Waals surface area contributed by atoms with Crippen LogP contribution in [-0.4, -0.2) is 34.6 Å². The van der Waals surface area contributed by atoms with Gasteiger partial charge in [-0.2, -0.15) is 5.10 Å². The van der Waals surface area contributed by atoms with Gasteiger partial charge < -0.3 is 14.1 Å². The molecule has 10 heteroatoms. The number of aromatic amines is 1. The highest BCUT2D eigenvalue weighted by Gasteiger charge is 2.22. The van der Waals surface area contributed by atoms with Crippen molar-refractivity contribution in [3.63, 3.8) is 0 Å². The molecule has 2 rings (SSSR count). The summed E-state index contributed by atoms with van der Waals surface area (Å²) in [6.07, 6.45) is 4.19. The smallest absolute Gasteiger partial charge is 0.433 e. The van der Waals surface area contributed by atoms with Crippen LogP contribution in [0.15, 0.2) is 27.7 Å². The number of nitro groups is 1. The molecule has 27 heavy (non-hydrogen) atoms. The first-order valence-electron chi connectivity index (χ1n) is 7.95. The van der Waals surface area contributed by atoms with E-state index >= 15 is 0 Å². The molecule has 0 aliphatic heterocycles. The number of hydrazone groups is 1. The van der Waals surface area contributed by atoms with Gasteiger partial charge in [0.15, 0.2) is 0 Å². The van der Waals surface area contributed by atoms with E-state index in [1.807, 2.05) is 0 Å². The van der Waals surface area contributed by atoms with Crippen LogP contribution >= 0.6 is 0 Å². The Hall–Kier alpha value is -3.69. The normalized spacial score (nSPS) is 11.2. The summed E-state index contributed by atoms with van der Waals surface area (Å²) in [5, 5.41) is 14.3. The standard InChI is InChI=1S/C17H18N4O6/c1-4-26-17(23)15-10(2)14(11(3)19-15)16(22)20-18-9-5-6-12-7-8-13(27-12)21(24)25/h5-9,19H,4H2,1-3H3,(H,20,22). The van der Waals surface area contributed by atoms with E-state index in [4.69, 9.17) is 9.15 Å². The maximum atomic E-state index is 12.3. The molecular formula is C17H18N4O6. The molecule has 0 aliphatic rings. The molecule has 0 saturated carbocycles. The first kappa shape index (κ1) is 19.6. The lowest BCUT2D eigenvalue weighted by molar-refractivity contribution is -0.402. The molecule has 0 fully saturated rings. The lowest BCUT2D eigenvalue weighted by atomic mass is 10.1. The van der Waals surface area contributed by atoms with Gasteiger partial charge >= 0.3 is 11.9 Å². The number of aryl methyl sites for hydroxylation is 1. The van der Waals surface area contributed by atoms with Crippen molar-refractivity contribution in [1.82, 2.24) is 10.4 Å². The van der Waals surface area contributed by atoms with Gasteiger partial charge in [-0.05, 0) is 44.6 Å². The minimum Gasteiger partial charge on any atom is -0.461 e. The Balaban J connectivity index is 2.00. The van der Waals surface area contributed by atoms with E-state index in [0.717, 1.165) is 0 Å². The number of rotatable bonds is 7. The van der Waals surface area contributed by atoms with Crippen molar-refractivity contribution in [2.24, 2.45) is 5.10 Å². The average Bonchev–Trinajstić information content (AvgIpc) is 3.19. The number of nitrogens with zero attached hydrogens (tertiary/aromatic N) is 2. The van der Waals surface area contributed by atoms with Gasteiger partial charge in [0.05, 0.1) is 18.2 Å². The average molecular weight is 374 g/mol. The first-order chi connectivity index (χ1) is 12.8. The molecule has 0 aliphatic carbocycles. The molecule has 0 saturated heterocycles. The van der Waals surface area contributed by atoms with Gasteiger partial charge in [0, 0.05) is 11.9 Å². The molecule has 2 aromatic heterocycles. The Kier molecular flexibility index (Phi) is 6.26. The summed E-state index contributed by atoms with van der Waals surface area (Å²) < 4.78 is 9.87. The van der Waals surface area contributed by atoms with Gasteiger partial charge in [0.2, 0.25) is 0 Å². The summed E-state index contributed by atoms with van der Waals surface area (Å²) in [6, 6.07) is 2.67. The summed E-state index contributed by atoms with van der Waals surface area (Å²) in [5.74, 6) is -1.11. The molecule has 1 amide bonds. The number of amides is 1. The third-order valence-corrected chi connectivity index (χ3v) is 3.52. The number of furan rings is 1. The number of hydrogen-bond acceptors (Lipinski definition) is 7. The Morgan fingerprint density at radius 2 is 2.15 bits per heavy atom. The predicted octanol–water partition coefficient (Wildman–Crippen LogP) is 2.74. The molecule has 0 radical (unpaired) electrons. The molecule has 0 atom stereocenters. The SMILES string of the molecule is CCOC(=O)c1[nH]c(C)c(C(=O)NN=CC=Cc2ccc([N+](=O)[O-])o2)c1C. The van der Waals surface area contributed by atoms with E-state index < -0.39 is 16.8 Å². The minimum absolute atomic E-state index is 0.225. The summed E-state index contributed by atoms with van der Waals surface area (Å²) in [5.41, 5.74) is 3.86. The van der Waals surface area contributed by atoms with Gasteiger partial charge in [-0.3, -0.25) is 14.9 Å². The molecule has 10 nitrogen and oxygen atoms in total. The van der Waals surface area contributed by atoms with Crippen molar-refractivity contribution in [3.8, 4) is 0 Å². The summed E-state index contributed by atoms with van der Waals surface area (Å²) in [4.78, 5) is 36.9. The van der Waals surface area contributed by atoms with Gasteiger partial charge in [-0.25, -0.2) is 10.2 Å². The number of carbonyl (C=O) groups is 2. The van der Waals surface area contributed by atoms with Crippen LogP contribution in [0.25, 0.3) is 6.08 Å². The third kappa shape index (κ3) is 4.69. The van der Waals surface area contributed by atoms with Crippen molar-refractivity contribution < 1.29 is 23.7 Å². The maximum Gasteiger partial charge on any atom is 0.433 e. The molecule has 0 unspecified atom stereocenters. The fourth-order valence-electron chi connectivity index (χ4n) is 2.36. The topological polar surface area (TPSA) is 140 Å². The monoisotopic (exact) mass is 374 g/mol. The second-order valence-corrected chi connectivity index (χ2v) is 5.36. The Bertz CT molecular complexity index is 922. The highest BCUT2D eigenvalue weighted by Crippen LogP contribution is 2.19. The fraction of sp³-hybridized carbons (Fsp3) is 0.235. The molecule has 0 bridgehead atoms. The molecule has 2 heterocycles.